The van der Waals surface area contributed by atoms with E-state index < -0.39 is 0 Å². The average Bonchev–Trinajstić information content (AvgIpc) is 2.62. The molecule has 3 rings (SSSR count). The molecule has 1 saturated heterocycles. The van der Waals surface area contributed by atoms with Crippen molar-refractivity contribution in [1.82, 2.24) is 4.90 Å². The van der Waals surface area contributed by atoms with Crippen LogP contribution >= 0.6 is 0 Å². The number of hydrogen-bond acceptors (Lipinski definition) is 4. The monoisotopic (exact) mass is 359 g/mol. The molecular weight excluding hydrogens is 326 g/mol. The highest BCUT2D eigenvalue weighted by atomic mass is 16.6. The van der Waals surface area contributed by atoms with E-state index >= 15 is 0 Å². The highest BCUT2D eigenvalue weighted by Crippen LogP contribution is 2.36. The average molecular weight is 360 g/mol. The zero-order valence-electron chi connectivity index (χ0n) is 16.5. The lowest BCUT2D eigenvalue weighted by atomic mass is 9.78. The van der Waals surface area contributed by atoms with Crippen molar-refractivity contribution >= 4 is 5.97 Å². The molecule has 26 heavy (non-hydrogen) atoms. The van der Waals surface area contributed by atoms with E-state index in [0.717, 1.165) is 58.5 Å². The number of nitrogens with zero attached hydrogens (tertiary/aromatic N) is 1. The SMILES string of the molecule is CC(C)(C)OC(=O)C1CCC(c2ccc(CN3CCOCC3)cc2)CC1. The molecule has 1 saturated carbocycles. The van der Waals surface area contributed by atoms with Crippen molar-refractivity contribution in [2.75, 3.05) is 26.3 Å². The van der Waals surface area contributed by atoms with Crippen LogP contribution in [0.3, 0.4) is 0 Å². The van der Waals surface area contributed by atoms with Gasteiger partial charge in [0.05, 0.1) is 19.1 Å². The maximum Gasteiger partial charge on any atom is 0.309 e. The minimum Gasteiger partial charge on any atom is -0.460 e. The van der Waals surface area contributed by atoms with E-state index in [1.165, 1.54) is 11.1 Å². The number of morpholine rings is 1. The van der Waals surface area contributed by atoms with Gasteiger partial charge in [-0.2, -0.15) is 0 Å². The van der Waals surface area contributed by atoms with Gasteiger partial charge in [-0.25, -0.2) is 0 Å². The summed E-state index contributed by atoms with van der Waals surface area (Å²) in [5.74, 6) is 0.633. The fraction of sp³-hybridized carbons (Fsp3) is 0.682. The second-order valence-corrected chi connectivity index (χ2v) is 8.71. The predicted molar refractivity (Wildman–Crippen MR) is 103 cm³/mol. The van der Waals surface area contributed by atoms with Gasteiger partial charge in [0.1, 0.15) is 5.60 Å². The normalized spacial score (nSPS) is 25.0. The highest BCUT2D eigenvalue weighted by molar-refractivity contribution is 5.73. The van der Waals surface area contributed by atoms with Crippen molar-refractivity contribution in [2.24, 2.45) is 5.92 Å². The fourth-order valence-corrected chi connectivity index (χ4v) is 3.96. The van der Waals surface area contributed by atoms with Gasteiger partial charge < -0.3 is 9.47 Å². The number of ether oxygens (including phenoxy) is 2. The Balaban J connectivity index is 1.49. The molecule has 0 radical (unpaired) electrons. The van der Waals surface area contributed by atoms with Crippen LogP contribution in [0.2, 0.25) is 0 Å². The van der Waals surface area contributed by atoms with Crippen LogP contribution in [0.4, 0.5) is 0 Å². The maximum atomic E-state index is 12.3. The van der Waals surface area contributed by atoms with Crippen LogP contribution in [0.25, 0.3) is 0 Å². The Kier molecular flexibility index (Phi) is 6.36. The van der Waals surface area contributed by atoms with Crippen LogP contribution in [0.1, 0.15) is 63.5 Å². The summed E-state index contributed by atoms with van der Waals surface area (Å²) in [5.41, 5.74) is 2.40. The molecule has 0 N–H and O–H groups in total. The van der Waals surface area contributed by atoms with Gasteiger partial charge in [0.2, 0.25) is 0 Å². The zero-order chi connectivity index (χ0) is 18.6. The van der Waals surface area contributed by atoms with E-state index in [2.05, 4.69) is 29.2 Å². The van der Waals surface area contributed by atoms with E-state index in [9.17, 15) is 4.79 Å². The molecule has 1 heterocycles. The van der Waals surface area contributed by atoms with Gasteiger partial charge in [0.15, 0.2) is 0 Å². The molecule has 1 aliphatic heterocycles. The highest BCUT2D eigenvalue weighted by Gasteiger charge is 2.30. The molecule has 4 heteroatoms. The first-order valence-electron chi connectivity index (χ1n) is 10.0. The van der Waals surface area contributed by atoms with Crippen LogP contribution in [0.5, 0.6) is 0 Å². The summed E-state index contributed by atoms with van der Waals surface area (Å²) < 4.78 is 11.0. The summed E-state index contributed by atoms with van der Waals surface area (Å²) in [4.78, 5) is 14.7. The lowest BCUT2D eigenvalue weighted by Crippen LogP contribution is -2.35. The molecule has 144 valence electrons. The summed E-state index contributed by atoms with van der Waals surface area (Å²) in [6.45, 7) is 10.6. The molecule has 1 aromatic carbocycles. The Labute approximate surface area is 157 Å². The van der Waals surface area contributed by atoms with Crippen molar-refractivity contribution in [3.8, 4) is 0 Å². The Morgan fingerprint density at radius 2 is 1.69 bits per heavy atom. The third-order valence-electron chi connectivity index (χ3n) is 5.43. The van der Waals surface area contributed by atoms with Crippen molar-refractivity contribution in [1.29, 1.82) is 0 Å². The second kappa shape index (κ2) is 8.53. The fourth-order valence-electron chi connectivity index (χ4n) is 3.96. The largest absolute Gasteiger partial charge is 0.460 e. The lowest BCUT2D eigenvalue weighted by Gasteiger charge is -2.30. The summed E-state index contributed by atoms with van der Waals surface area (Å²) in [6.07, 6.45) is 4.03. The number of carbonyl (C=O) groups is 1. The summed E-state index contributed by atoms with van der Waals surface area (Å²) in [6, 6.07) is 9.11. The first-order valence-corrected chi connectivity index (χ1v) is 10.0. The van der Waals surface area contributed by atoms with Gasteiger partial charge in [-0.05, 0) is 63.5 Å². The smallest absolute Gasteiger partial charge is 0.309 e. The van der Waals surface area contributed by atoms with Crippen LogP contribution in [-0.2, 0) is 20.8 Å². The van der Waals surface area contributed by atoms with Gasteiger partial charge in [0.25, 0.3) is 0 Å². The van der Waals surface area contributed by atoms with E-state index in [1.807, 2.05) is 20.8 Å². The Bertz CT molecular complexity index is 576. The van der Waals surface area contributed by atoms with E-state index in [-0.39, 0.29) is 17.5 Å². The van der Waals surface area contributed by atoms with Crippen molar-refractivity contribution in [3.05, 3.63) is 35.4 Å². The Morgan fingerprint density at radius 1 is 1.08 bits per heavy atom. The molecule has 4 nitrogen and oxygen atoms in total. The quantitative estimate of drug-likeness (QED) is 0.758. The summed E-state index contributed by atoms with van der Waals surface area (Å²) in [7, 11) is 0. The lowest BCUT2D eigenvalue weighted by molar-refractivity contribution is -0.161. The molecule has 1 aliphatic carbocycles. The van der Waals surface area contributed by atoms with E-state index in [0.29, 0.717) is 5.92 Å². The first kappa shape index (κ1) is 19.4. The molecule has 0 atom stereocenters. The Hall–Kier alpha value is -1.39. The standard InChI is InChI=1S/C22H33NO3/c1-22(2,3)26-21(24)20-10-8-19(9-11-20)18-6-4-17(5-7-18)16-23-12-14-25-15-13-23/h4-7,19-20H,8-16H2,1-3H3. The molecule has 0 unspecified atom stereocenters. The molecule has 0 spiro atoms. The van der Waals surface area contributed by atoms with Gasteiger partial charge in [-0.1, -0.05) is 24.3 Å². The molecule has 0 bridgehead atoms. The number of esters is 1. The summed E-state index contributed by atoms with van der Waals surface area (Å²) >= 11 is 0. The van der Waals surface area contributed by atoms with Crippen molar-refractivity contribution in [2.45, 2.75) is 64.5 Å². The van der Waals surface area contributed by atoms with Crippen LogP contribution in [0, 0.1) is 5.92 Å². The van der Waals surface area contributed by atoms with Crippen LogP contribution in [-0.4, -0.2) is 42.8 Å². The van der Waals surface area contributed by atoms with Crippen molar-refractivity contribution in [3.63, 3.8) is 0 Å². The molecule has 0 amide bonds. The minimum atomic E-state index is -0.385. The number of benzene rings is 1. The van der Waals surface area contributed by atoms with Crippen LogP contribution < -0.4 is 0 Å². The maximum absolute atomic E-state index is 12.3. The first-order chi connectivity index (χ1) is 12.4. The van der Waals surface area contributed by atoms with Crippen LogP contribution in [0.15, 0.2) is 24.3 Å². The number of rotatable bonds is 4. The Morgan fingerprint density at radius 3 is 2.27 bits per heavy atom. The van der Waals surface area contributed by atoms with E-state index in [1.54, 1.807) is 0 Å². The zero-order valence-corrected chi connectivity index (χ0v) is 16.5. The number of carbonyl (C=O) groups excluding carboxylic acids is 1. The molecule has 2 fully saturated rings. The number of hydrogen-bond donors (Lipinski definition) is 0. The molecule has 2 aliphatic rings. The van der Waals surface area contributed by atoms with Gasteiger partial charge in [0, 0.05) is 19.6 Å². The van der Waals surface area contributed by atoms with E-state index in [4.69, 9.17) is 9.47 Å². The minimum absolute atomic E-state index is 0.0168. The molecule has 0 aromatic heterocycles. The topological polar surface area (TPSA) is 38.8 Å². The molecule has 1 aromatic rings. The third-order valence-corrected chi connectivity index (χ3v) is 5.43. The summed E-state index contributed by atoms with van der Waals surface area (Å²) in [5, 5.41) is 0. The molecular formula is C22H33NO3. The third kappa shape index (κ3) is 5.55. The second-order valence-electron chi connectivity index (χ2n) is 8.71. The van der Waals surface area contributed by atoms with Gasteiger partial charge in [-0.15, -0.1) is 0 Å². The van der Waals surface area contributed by atoms with Gasteiger partial charge in [-0.3, -0.25) is 9.69 Å². The van der Waals surface area contributed by atoms with Crippen molar-refractivity contribution < 1.29 is 14.3 Å². The predicted octanol–water partition coefficient (Wildman–Crippen LogP) is 4.13. The van der Waals surface area contributed by atoms with Gasteiger partial charge >= 0.3 is 5.97 Å².